The second kappa shape index (κ2) is 13.7. The zero-order valence-electron chi connectivity index (χ0n) is 22.7. The molecule has 1 N–H and O–H groups in total. The molecule has 0 saturated carbocycles. The second-order valence-corrected chi connectivity index (χ2v) is 10.7. The molecule has 1 unspecified atom stereocenters. The van der Waals surface area contributed by atoms with Crippen LogP contribution in [0.4, 0.5) is 5.69 Å². The van der Waals surface area contributed by atoms with E-state index in [-0.39, 0.29) is 23.1 Å². The number of methoxy groups -OCH3 is 2. The second-order valence-electron chi connectivity index (χ2n) is 8.84. The summed E-state index contributed by atoms with van der Waals surface area (Å²) in [6.07, 6.45) is 0.746. The van der Waals surface area contributed by atoms with Crippen LogP contribution in [0.1, 0.15) is 25.8 Å². The van der Waals surface area contributed by atoms with Gasteiger partial charge in [-0.15, -0.1) is 0 Å². The van der Waals surface area contributed by atoms with Gasteiger partial charge in [0.15, 0.2) is 11.5 Å². The quantitative estimate of drug-likeness (QED) is 0.345. The molecule has 0 aliphatic carbocycles. The Morgan fingerprint density at radius 1 is 0.897 bits per heavy atom. The molecule has 0 aliphatic heterocycles. The molecule has 0 heterocycles. The number of benzene rings is 3. The molecule has 0 aromatic heterocycles. The van der Waals surface area contributed by atoms with Gasteiger partial charge in [0.05, 0.1) is 24.8 Å². The normalized spacial score (nSPS) is 11.8. The van der Waals surface area contributed by atoms with Gasteiger partial charge in [0.25, 0.3) is 10.0 Å². The highest BCUT2D eigenvalue weighted by molar-refractivity contribution is 7.92. The third kappa shape index (κ3) is 7.29. The number of sulfonamides is 1. The van der Waals surface area contributed by atoms with Crippen molar-refractivity contribution in [3.8, 4) is 11.5 Å². The van der Waals surface area contributed by atoms with E-state index < -0.39 is 28.5 Å². The van der Waals surface area contributed by atoms with Gasteiger partial charge in [0.2, 0.25) is 11.8 Å². The Kier molecular flexibility index (Phi) is 10.3. The first kappa shape index (κ1) is 29.5. The van der Waals surface area contributed by atoms with Crippen LogP contribution in [0.2, 0.25) is 0 Å². The maximum atomic E-state index is 13.9. The van der Waals surface area contributed by atoms with Crippen LogP contribution in [0, 0.1) is 0 Å². The Morgan fingerprint density at radius 2 is 1.51 bits per heavy atom. The topological polar surface area (TPSA) is 105 Å². The molecule has 0 radical (unpaired) electrons. The van der Waals surface area contributed by atoms with Gasteiger partial charge in [-0.05, 0) is 43.2 Å². The third-order valence-corrected chi connectivity index (χ3v) is 7.95. The molecule has 39 heavy (non-hydrogen) atoms. The molecule has 0 aliphatic rings. The minimum atomic E-state index is -4.22. The number of carbonyl (C=O) groups is 2. The number of hydrogen-bond donors (Lipinski definition) is 1. The Balaban J connectivity index is 2.02. The highest BCUT2D eigenvalue weighted by atomic mass is 32.2. The van der Waals surface area contributed by atoms with Gasteiger partial charge in [-0.2, -0.15) is 0 Å². The number of anilines is 1. The lowest BCUT2D eigenvalue weighted by molar-refractivity contribution is -0.139. The molecule has 10 heteroatoms. The van der Waals surface area contributed by atoms with Crippen molar-refractivity contribution in [1.82, 2.24) is 10.2 Å². The number of carbonyl (C=O) groups excluding carboxylic acids is 2. The first-order chi connectivity index (χ1) is 18.7. The lowest BCUT2D eigenvalue weighted by atomic mass is 10.1. The summed E-state index contributed by atoms with van der Waals surface area (Å²) in [6, 6.07) is 21.1. The van der Waals surface area contributed by atoms with Crippen molar-refractivity contribution in [1.29, 1.82) is 0 Å². The first-order valence-corrected chi connectivity index (χ1v) is 14.1. The van der Waals surface area contributed by atoms with E-state index in [2.05, 4.69) is 5.32 Å². The van der Waals surface area contributed by atoms with Crippen LogP contribution in [0.25, 0.3) is 0 Å². The van der Waals surface area contributed by atoms with Crippen LogP contribution < -0.4 is 19.1 Å². The molecular weight excluding hydrogens is 518 g/mol. The highest BCUT2D eigenvalue weighted by Crippen LogP contribution is 2.32. The van der Waals surface area contributed by atoms with E-state index in [4.69, 9.17) is 9.47 Å². The van der Waals surface area contributed by atoms with Gasteiger partial charge < -0.3 is 19.7 Å². The summed E-state index contributed by atoms with van der Waals surface area (Å²) in [6.45, 7) is 3.68. The zero-order chi connectivity index (χ0) is 28.4. The number of para-hydroxylation sites is 1. The van der Waals surface area contributed by atoms with Crippen LogP contribution >= 0.6 is 0 Å². The summed E-state index contributed by atoms with van der Waals surface area (Å²) in [4.78, 5) is 28.1. The smallest absolute Gasteiger partial charge is 0.264 e. The molecular formula is C29H35N3O6S. The molecule has 3 aromatic rings. The maximum absolute atomic E-state index is 13.9. The molecule has 0 saturated heterocycles. The van der Waals surface area contributed by atoms with Gasteiger partial charge in [-0.1, -0.05) is 55.5 Å². The fraction of sp³-hybridized carbons (Fsp3) is 0.310. The highest BCUT2D eigenvalue weighted by Gasteiger charge is 2.33. The van der Waals surface area contributed by atoms with Crippen LogP contribution in [0.5, 0.6) is 11.5 Å². The summed E-state index contributed by atoms with van der Waals surface area (Å²) in [5, 5.41) is 2.83. The van der Waals surface area contributed by atoms with Crippen molar-refractivity contribution < 1.29 is 27.5 Å². The SMILES string of the molecule is CCCNC(=O)C(C)N(Cc1ccccc1)C(=O)CN(c1ccccc1)S(=O)(=O)c1ccc(OC)c(OC)c1. The van der Waals surface area contributed by atoms with E-state index in [9.17, 15) is 18.0 Å². The maximum Gasteiger partial charge on any atom is 0.264 e. The number of hydrogen-bond acceptors (Lipinski definition) is 6. The zero-order valence-corrected chi connectivity index (χ0v) is 23.5. The Hall–Kier alpha value is -4.05. The Labute approximate surface area is 230 Å². The molecule has 208 valence electrons. The van der Waals surface area contributed by atoms with Gasteiger partial charge >= 0.3 is 0 Å². The number of ether oxygens (including phenoxy) is 2. The van der Waals surface area contributed by atoms with E-state index in [1.165, 1.54) is 37.3 Å². The van der Waals surface area contributed by atoms with Crippen molar-refractivity contribution in [2.24, 2.45) is 0 Å². The van der Waals surface area contributed by atoms with Crippen molar-refractivity contribution in [3.63, 3.8) is 0 Å². The van der Waals surface area contributed by atoms with Crippen LogP contribution in [-0.2, 0) is 26.2 Å². The predicted octanol–water partition coefficient (Wildman–Crippen LogP) is 3.84. The molecule has 0 fully saturated rings. The van der Waals surface area contributed by atoms with Crippen LogP contribution in [0.15, 0.2) is 83.8 Å². The summed E-state index contributed by atoms with van der Waals surface area (Å²) in [5.74, 6) is -0.217. The van der Waals surface area contributed by atoms with E-state index in [0.717, 1.165) is 16.3 Å². The lowest BCUT2D eigenvalue weighted by Gasteiger charge is -2.32. The number of nitrogens with one attached hydrogen (secondary N) is 1. The van der Waals surface area contributed by atoms with Crippen molar-refractivity contribution >= 4 is 27.5 Å². The molecule has 9 nitrogen and oxygen atoms in total. The predicted molar refractivity (Wildman–Crippen MR) is 150 cm³/mol. The van der Waals surface area contributed by atoms with E-state index in [1.807, 2.05) is 37.3 Å². The van der Waals surface area contributed by atoms with Gasteiger partial charge in [-0.3, -0.25) is 13.9 Å². The van der Waals surface area contributed by atoms with Crippen molar-refractivity contribution in [3.05, 3.63) is 84.4 Å². The van der Waals surface area contributed by atoms with E-state index in [1.54, 1.807) is 37.3 Å². The molecule has 1 atom stereocenters. The van der Waals surface area contributed by atoms with E-state index >= 15 is 0 Å². The number of amides is 2. The third-order valence-electron chi connectivity index (χ3n) is 6.18. The van der Waals surface area contributed by atoms with Gasteiger partial charge in [-0.25, -0.2) is 8.42 Å². The monoisotopic (exact) mass is 553 g/mol. The Morgan fingerprint density at radius 3 is 2.10 bits per heavy atom. The van der Waals surface area contributed by atoms with Crippen molar-refractivity contribution in [2.75, 3.05) is 31.6 Å². The van der Waals surface area contributed by atoms with Gasteiger partial charge in [0.1, 0.15) is 12.6 Å². The summed E-state index contributed by atoms with van der Waals surface area (Å²) >= 11 is 0. The van der Waals surface area contributed by atoms with Gasteiger partial charge in [0, 0.05) is 19.2 Å². The lowest BCUT2D eigenvalue weighted by Crippen LogP contribution is -2.51. The molecule has 2 amide bonds. The van der Waals surface area contributed by atoms with Crippen LogP contribution in [0.3, 0.4) is 0 Å². The average Bonchev–Trinajstić information content (AvgIpc) is 2.97. The van der Waals surface area contributed by atoms with E-state index in [0.29, 0.717) is 18.0 Å². The Bertz CT molecular complexity index is 1350. The minimum Gasteiger partial charge on any atom is -0.493 e. The molecule has 3 aromatic carbocycles. The number of rotatable bonds is 13. The summed E-state index contributed by atoms with van der Waals surface area (Å²) in [7, 11) is -1.35. The largest absolute Gasteiger partial charge is 0.493 e. The standard InChI is InChI=1S/C29H35N3O6S/c1-5-18-30-29(34)22(2)31(20-23-12-8-6-9-13-23)28(33)21-32(24-14-10-7-11-15-24)39(35,36)25-16-17-26(37-3)27(19-25)38-4/h6-17,19,22H,5,18,20-21H2,1-4H3,(H,30,34). The van der Waals surface area contributed by atoms with Crippen molar-refractivity contribution in [2.45, 2.75) is 37.8 Å². The molecule has 3 rings (SSSR count). The fourth-order valence-corrected chi connectivity index (χ4v) is 5.42. The average molecular weight is 554 g/mol. The first-order valence-electron chi connectivity index (χ1n) is 12.6. The minimum absolute atomic E-state index is 0.0693. The molecule has 0 bridgehead atoms. The number of nitrogens with zero attached hydrogens (tertiary/aromatic N) is 2. The summed E-state index contributed by atoms with van der Waals surface area (Å²) in [5.41, 5.74) is 1.12. The van der Waals surface area contributed by atoms with Crippen LogP contribution in [-0.4, -0.2) is 58.5 Å². The summed E-state index contributed by atoms with van der Waals surface area (Å²) < 4.78 is 39.5. The molecule has 0 spiro atoms. The fourth-order valence-electron chi connectivity index (χ4n) is 3.99.